The Hall–Kier alpha value is -3.88. The molecule has 0 bridgehead atoms. The number of esters is 1. The lowest BCUT2D eigenvalue weighted by Gasteiger charge is -2.13. The van der Waals surface area contributed by atoms with Gasteiger partial charge in [0.15, 0.2) is 0 Å². The predicted octanol–water partition coefficient (Wildman–Crippen LogP) is 4.70. The molecular formula is C29H33NO7. The van der Waals surface area contributed by atoms with Crippen molar-refractivity contribution in [2.75, 3.05) is 46.2 Å². The first kappa shape index (κ1) is 27.7. The lowest BCUT2D eigenvalue weighted by atomic mass is 10.1. The number of nitrogens with one attached hydrogen (secondary N) is 1. The SMILES string of the molecule is C=C(C)C(=O)OCCOCCOCCNC(=O)Oc1ccc(OCCc2ccccc2)c2ccccc12. The average Bonchev–Trinajstić information content (AvgIpc) is 2.91. The summed E-state index contributed by atoms with van der Waals surface area (Å²) in [4.78, 5) is 23.5. The summed E-state index contributed by atoms with van der Waals surface area (Å²) in [5.41, 5.74) is 1.56. The van der Waals surface area contributed by atoms with E-state index in [4.69, 9.17) is 23.7 Å². The van der Waals surface area contributed by atoms with Crippen LogP contribution < -0.4 is 14.8 Å². The maximum atomic E-state index is 12.3. The molecule has 3 aromatic carbocycles. The first-order valence-electron chi connectivity index (χ1n) is 12.2. The van der Waals surface area contributed by atoms with E-state index in [2.05, 4.69) is 24.0 Å². The molecule has 0 spiro atoms. The van der Waals surface area contributed by atoms with Gasteiger partial charge in [-0.3, -0.25) is 0 Å². The van der Waals surface area contributed by atoms with Crippen molar-refractivity contribution in [1.82, 2.24) is 5.32 Å². The Balaban J connectivity index is 1.35. The molecular weight excluding hydrogens is 474 g/mol. The van der Waals surface area contributed by atoms with E-state index in [0.29, 0.717) is 37.8 Å². The lowest BCUT2D eigenvalue weighted by Crippen LogP contribution is -2.30. The van der Waals surface area contributed by atoms with Gasteiger partial charge in [-0.25, -0.2) is 9.59 Å². The molecule has 1 N–H and O–H groups in total. The van der Waals surface area contributed by atoms with Crippen LogP contribution in [0.1, 0.15) is 12.5 Å². The normalized spacial score (nSPS) is 10.6. The first-order valence-corrected chi connectivity index (χ1v) is 12.2. The van der Waals surface area contributed by atoms with Gasteiger partial charge in [0, 0.05) is 29.3 Å². The summed E-state index contributed by atoms with van der Waals surface area (Å²) in [5, 5.41) is 4.34. The van der Waals surface area contributed by atoms with E-state index in [9.17, 15) is 9.59 Å². The maximum absolute atomic E-state index is 12.3. The fourth-order valence-electron chi connectivity index (χ4n) is 3.38. The highest BCUT2D eigenvalue weighted by atomic mass is 16.6. The smallest absolute Gasteiger partial charge is 0.412 e. The second-order valence-corrected chi connectivity index (χ2v) is 8.15. The zero-order valence-corrected chi connectivity index (χ0v) is 21.1. The van der Waals surface area contributed by atoms with Crippen molar-refractivity contribution in [1.29, 1.82) is 0 Å². The quantitative estimate of drug-likeness (QED) is 0.181. The summed E-state index contributed by atoms with van der Waals surface area (Å²) < 4.78 is 27.2. The summed E-state index contributed by atoms with van der Waals surface area (Å²) >= 11 is 0. The van der Waals surface area contributed by atoms with Crippen molar-refractivity contribution in [3.05, 3.63) is 84.4 Å². The van der Waals surface area contributed by atoms with Gasteiger partial charge in [-0.2, -0.15) is 0 Å². The fraction of sp³-hybridized carbons (Fsp3) is 0.310. The molecule has 0 heterocycles. The number of hydrogen-bond acceptors (Lipinski definition) is 7. The molecule has 3 rings (SSSR count). The van der Waals surface area contributed by atoms with Crippen LogP contribution in [0.25, 0.3) is 10.8 Å². The van der Waals surface area contributed by atoms with Crippen molar-refractivity contribution in [3.63, 3.8) is 0 Å². The van der Waals surface area contributed by atoms with Gasteiger partial charge < -0.3 is 29.0 Å². The van der Waals surface area contributed by atoms with Crippen LogP contribution >= 0.6 is 0 Å². The average molecular weight is 508 g/mol. The van der Waals surface area contributed by atoms with Gasteiger partial charge in [-0.1, -0.05) is 61.2 Å². The molecule has 0 aliphatic heterocycles. The Labute approximate surface area is 217 Å². The number of amides is 1. The zero-order valence-electron chi connectivity index (χ0n) is 21.1. The molecule has 37 heavy (non-hydrogen) atoms. The molecule has 0 saturated heterocycles. The standard InChI is InChI=1S/C29H33NO7/c1-22(2)28(31)36-21-20-34-19-18-33-17-15-30-29(32)37-27-13-12-26(24-10-6-7-11-25(24)27)35-16-14-23-8-4-3-5-9-23/h3-13H,1,14-21H2,2H3,(H,30,32). The number of benzene rings is 3. The zero-order chi connectivity index (χ0) is 26.3. The largest absolute Gasteiger partial charge is 0.493 e. The number of carbonyl (C=O) groups is 2. The minimum Gasteiger partial charge on any atom is -0.493 e. The van der Waals surface area contributed by atoms with Gasteiger partial charge in [0.1, 0.15) is 18.1 Å². The number of rotatable bonds is 15. The Kier molecular flexibility index (Phi) is 11.4. The van der Waals surface area contributed by atoms with Gasteiger partial charge >= 0.3 is 12.1 Å². The van der Waals surface area contributed by atoms with Crippen LogP contribution in [0.15, 0.2) is 78.9 Å². The summed E-state index contributed by atoms with van der Waals surface area (Å²) in [5.74, 6) is 0.753. The number of hydrogen-bond donors (Lipinski definition) is 1. The van der Waals surface area contributed by atoms with Crippen molar-refractivity contribution in [2.24, 2.45) is 0 Å². The van der Waals surface area contributed by atoms with Crippen LogP contribution in [0, 0.1) is 0 Å². The van der Waals surface area contributed by atoms with E-state index in [1.165, 1.54) is 5.56 Å². The first-order chi connectivity index (χ1) is 18.0. The highest BCUT2D eigenvalue weighted by Gasteiger charge is 2.11. The molecule has 8 heteroatoms. The molecule has 0 saturated carbocycles. The third kappa shape index (κ3) is 9.59. The second-order valence-electron chi connectivity index (χ2n) is 8.15. The molecule has 0 aliphatic rings. The van der Waals surface area contributed by atoms with Gasteiger partial charge in [0.25, 0.3) is 0 Å². The van der Waals surface area contributed by atoms with E-state index in [-0.39, 0.29) is 19.8 Å². The molecule has 196 valence electrons. The monoisotopic (exact) mass is 507 g/mol. The van der Waals surface area contributed by atoms with Gasteiger partial charge in [0.05, 0.1) is 33.0 Å². The van der Waals surface area contributed by atoms with Crippen LogP contribution in [0.3, 0.4) is 0 Å². The van der Waals surface area contributed by atoms with Crippen molar-refractivity contribution >= 4 is 22.8 Å². The number of ether oxygens (including phenoxy) is 5. The Morgan fingerprint density at radius 1 is 0.757 bits per heavy atom. The fourth-order valence-corrected chi connectivity index (χ4v) is 3.38. The van der Waals surface area contributed by atoms with Gasteiger partial charge in [-0.05, 0) is 24.6 Å². The van der Waals surface area contributed by atoms with Crippen molar-refractivity contribution < 1.29 is 33.3 Å². The molecule has 3 aromatic rings. The summed E-state index contributed by atoms with van der Waals surface area (Å²) in [6.45, 7) is 7.36. The highest BCUT2D eigenvalue weighted by molar-refractivity contribution is 5.94. The number of carbonyl (C=O) groups excluding carboxylic acids is 2. The topological polar surface area (TPSA) is 92.3 Å². The minimum atomic E-state index is -0.568. The van der Waals surface area contributed by atoms with E-state index >= 15 is 0 Å². The third-order valence-corrected chi connectivity index (χ3v) is 5.23. The van der Waals surface area contributed by atoms with E-state index < -0.39 is 12.1 Å². The Bertz CT molecular complexity index is 1160. The van der Waals surface area contributed by atoms with Gasteiger partial charge in [-0.15, -0.1) is 0 Å². The van der Waals surface area contributed by atoms with E-state index in [1.807, 2.05) is 48.5 Å². The molecule has 8 nitrogen and oxygen atoms in total. The predicted molar refractivity (Wildman–Crippen MR) is 141 cm³/mol. The molecule has 1 amide bonds. The minimum absolute atomic E-state index is 0.161. The lowest BCUT2D eigenvalue weighted by molar-refractivity contribution is -0.140. The van der Waals surface area contributed by atoms with Crippen LogP contribution in [-0.4, -0.2) is 58.2 Å². The highest BCUT2D eigenvalue weighted by Crippen LogP contribution is 2.33. The van der Waals surface area contributed by atoms with Gasteiger partial charge in [0.2, 0.25) is 0 Å². The Morgan fingerprint density at radius 3 is 2.11 bits per heavy atom. The molecule has 0 aliphatic carbocycles. The molecule has 0 unspecified atom stereocenters. The third-order valence-electron chi connectivity index (χ3n) is 5.23. The summed E-state index contributed by atoms with van der Waals surface area (Å²) in [6.07, 6.45) is 0.233. The van der Waals surface area contributed by atoms with Crippen molar-refractivity contribution in [2.45, 2.75) is 13.3 Å². The molecule has 0 atom stereocenters. The molecule has 0 fully saturated rings. The van der Waals surface area contributed by atoms with Crippen LogP contribution in [-0.2, 0) is 25.4 Å². The number of fused-ring (bicyclic) bond motifs is 1. The molecule has 0 radical (unpaired) electrons. The maximum Gasteiger partial charge on any atom is 0.412 e. The van der Waals surface area contributed by atoms with Crippen LogP contribution in [0.5, 0.6) is 11.5 Å². The van der Waals surface area contributed by atoms with E-state index in [1.54, 1.807) is 13.0 Å². The van der Waals surface area contributed by atoms with E-state index in [0.717, 1.165) is 22.9 Å². The van der Waals surface area contributed by atoms with Crippen LogP contribution in [0.2, 0.25) is 0 Å². The van der Waals surface area contributed by atoms with Crippen molar-refractivity contribution in [3.8, 4) is 11.5 Å². The second kappa shape index (κ2) is 15.3. The Morgan fingerprint density at radius 2 is 1.38 bits per heavy atom. The van der Waals surface area contributed by atoms with Crippen LogP contribution in [0.4, 0.5) is 4.79 Å². The molecule has 0 aromatic heterocycles. The summed E-state index contributed by atoms with van der Waals surface area (Å²) in [6, 6.07) is 21.4. The summed E-state index contributed by atoms with van der Waals surface area (Å²) in [7, 11) is 0.